The van der Waals surface area contributed by atoms with Crippen LogP contribution in [0.15, 0.2) is 30.3 Å². The highest BCUT2D eigenvalue weighted by molar-refractivity contribution is 5.79. The van der Waals surface area contributed by atoms with Gasteiger partial charge in [-0.2, -0.15) is 0 Å². The van der Waals surface area contributed by atoms with Crippen molar-refractivity contribution in [2.45, 2.75) is 32.1 Å². The first-order chi connectivity index (χ1) is 12.2. The van der Waals surface area contributed by atoms with Crippen molar-refractivity contribution >= 4 is 5.91 Å². The molecule has 3 rings (SSSR count). The minimum atomic E-state index is 0.158. The summed E-state index contributed by atoms with van der Waals surface area (Å²) in [6.45, 7) is 5.51. The number of likely N-dealkylation sites (tertiary alicyclic amines) is 1. The minimum Gasteiger partial charge on any atom is -0.381 e. The van der Waals surface area contributed by atoms with Gasteiger partial charge in [-0.1, -0.05) is 30.3 Å². The van der Waals surface area contributed by atoms with Crippen LogP contribution in [0.3, 0.4) is 0 Å². The van der Waals surface area contributed by atoms with Gasteiger partial charge in [-0.25, -0.2) is 0 Å². The largest absolute Gasteiger partial charge is 0.381 e. The number of rotatable bonds is 6. The first kappa shape index (κ1) is 18.4. The summed E-state index contributed by atoms with van der Waals surface area (Å²) in [5.74, 6) is 1.12. The summed E-state index contributed by atoms with van der Waals surface area (Å²) < 4.78 is 5.45. The van der Waals surface area contributed by atoms with E-state index in [1.54, 1.807) is 0 Å². The van der Waals surface area contributed by atoms with Gasteiger partial charge in [0.2, 0.25) is 5.91 Å². The van der Waals surface area contributed by atoms with Gasteiger partial charge in [0.1, 0.15) is 0 Å². The van der Waals surface area contributed by atoms with E-state index in [-0.39, 0.29) is 5.92 Å². The van der Waals surface area contributed by atoms with E-state index in [2.05, 4.69) is 41.1 Å². The van der Waals surface area contributed by atoms with Crippen LogP contribution in [-0.2, 0) is 16.0 Å². The molecule has 0 spiro atoms. The van der Waals surface area contributed by atoms with Crippen LogP contribution >= 0.6 is 0 Å². The summed E-state index contributed by atoms with van der Waals surface area (Å²) in [6, 6.07) is 10.5. The number of carbonyl (C=O) groups excluding carboxylic acids is 1. The van der Waals surface area contributed by atoms with Crippen molar-refractivity contribution in [3.8, 4) is 0 Å². The van der Waals surface area contributed by atoms with Crippen molar-refractivity contribution in [3.63, 3.8) is 0 Å². The maximum absolute atomic E-state index is 13.1. The molecule has 2 aliphatic heterocycles. The van der Waals surface area contributed by atoms with E-state index in [1.165, 1.54) is 24.9 Å². The third-order valence-electron chi connectivity index (χ3n) is 5.60. The van der Waals surface area contributed by atoms with Gasteiger partial charge in [0.25, 0.3) is 0 Å². The van der Waals surface area contributed by atoms with Gasteiger partial charge >= 0.3 is 0 Å². The number of amides is 1. The Bertz CT molecular complexity index is 528. The lowest BCUT2D eigenvalue weighted by Gasteiger charge is -2.36. The SMILES string of the molecule is CN1CCC[C@@H](CN(CCc2ccccc2)C(=O)C2CCOCC2)C1. The fourth-order valence-electron chi connectivity index (χ4n) is 4.14. The van der Waals surface area contributed by atoms with Gasteiger partial charge in [0, 0.05) is 38.8 Å². The molecule has 1 amide bonds. The van der Waals surface area contributed by atoms with Crippen LogP contribution in [0.2, 0.25) is 0 Å². The third-order valence-corrected chi connectivity index (χ3v) is 5.60. The molecule has 138 valence electrons. The first-order valence-electron chi connectivity index (χ1n) is 9.81. The number of carbonyl (C=O) groups is 1. The molecule has 0 aliphatic carbocycles. The molecule has 2 saturated heterocycles. The van der Waals surface area contributed by atoms with Crippen molar-refractivity contribution < 1.29 is 9.53 Å². The van der Waals surface area contributed by atoms with Crippen molar-refractivity contribution in [1.82, 2.24) is 9.80 Å². The van der Waals surface area contributed by atoms with Crippen LogP contribution < -0.4 is 0 Å². The zero-order chi connectivity index (χ0) is 17.5. The molecule has 0 radical (unpaired) electrons. The van der Waals surface area contributed by atoms with Gasteiger partial charge < -0.3 is 14.5 Å². The van der Waals surface area contributed by atoms with Gasteiger partial charge in [-0.05, 0) is 57.2 Å². The highest BCUT2D eigenvalue weighted by Gasteiger charge is 2.29. The molecule has 0 saturated carbocycles. The summed E-state index contributed by atoms with van der Waals surface area (Å²) in [5.41, 5.74) is 1.31. The van der Waals surface area contributed by atoms with Gasteiger partial charge in [0.05, 0.1) is 0 Å². The van der Waals surface area contributed by atoms with Crippen LogP contribution in [0.4, 0.5) is 0 Å². The Morgan fingerprint density at radius 2 is 1.96 bits per heavy atom. The number of nitrogens with zero attached hydrogens (tertiary/aromatic N) is 2. The van der Waals surface area contributed by atoms with E-state index >= 15 is 0 Å². The summed E-state index contributed by atoms with van der Waals surface area (Å²) in [6.07, 6.45) is 5.20. The second-order valence-corrected chi connectivity index (χ2v) is 7.68. The van der Waals surface area contributed by atoms with Crippen LogP contribution in [-0.4, -0.2) is 62.1 Å². The summed E-state index contributed by atoms with van der Waals surface area (Å²) in [4.78, 5) is 17.7. The molecule has 4 nitrogen and oxygen atoms in total. The molecule has 1 aromatic rings. The predicted molar refractivity (Wildman–Crippen MR) is 100 cm³/mol. The maximum atomic E-state index is 13.1. The van der Waals surface area contributed by atoms with Crippen molar-refractivity contribution in [2.24, 2.45) is 11.8 Å². The van der Waals surface area contributed by atoms with Crippen LogP contribution in [0.5, 0.6) is 0 Å². The van der Waals surface area contributed by atoms with Crippen molar-refractivity contribution in [3.05, 3.63) is 35.9 Å². The standard InChI is InChI=1S/C21H32N2O2/c1-22-12-5-8-19(16-22)17-23(13-9-18-6-3-2-4-7-18)21(24)20-10-14-25-15-11-20/h2-4,6-7,19-20H,5,8-17H2,1H3/t19-/m1/s1. The molecular weight excluding hydrogens is 312 g/mol. The lowest BCUT2D eigenvalue weighted by molar-refractivity contribution is -0.139. The Hall–Kier alpha value is -1.39. The fraction of sp³-hybridized carbons (Fsp3) is 0.667. The fourth-order valence-corrected chi connectivity index (χ4v) is 4.14. The number of piperidine rings is 1. The molecule has 0 aromatic heterocycles. The zero-order valence-corrected chi connectivity index (χ0v) is 15.5. The van der Waals surface area contributed by atoms with Gasteiger partial charge in [-0.15, -0.1) is 0 Å². The van der Waals surface area contributed by atoms with E-state index in [0.29, 0.717) is 11.8 Å². The van der Waals surface area contributed by atoms with Gasteiger partial charge in [-0.3, -0.25) is 4.79 Å². The first-order valence-corrected chi connectivity index (χ1v) is 9.81. The number of benzene rings is 1. The van der Waals surface area contributed by atoms with E-state index in [9.17, 15) is 4.79 Å². The zero-order valence-electron chi connectivity index (χ0n) is 15.5. The van der Waals surface area contributed by atoms with Crippen LogP contribution in [0, 0.1) is 11.8 Å². The van der Waals surface area contributed by atoms with E-state index in [1.807, 2.05) is 6.07 Å². The van der Waals surface area contributed by atoms with Crippen LogP contribution in [0.1, 0.15) is 31.2 Å². The lowest BCUT2D eigenvalue weighted by Crippen LogP contribution is -2.45. The molecule has 4 heteroatoms. The summed E-state index contributed by atoms with van der Waals surface area (Å²) in [7, 11) is 2.20. The second kappa shape index (κ2) is 9.35. The monoisotopic (exact) mass is 344 g/mol. The Kier molecular flexibility index (Phi) is 6.88. The molecular formula is C21H32N2O2. The number of hydrogen-bond donors (Lipinski definition) is 0. The highest BCUT2D eigenvalue weighted by Crippen LogP contribution is 2.22. The normalized spacial score (nSPS) is 22.7. The van der Waals surface area contributed by atoms with E-state index in [0.717, 1.165) is 52.1 Å². The van der Waals surface area contributed by atoms with Crippen molar-refractivity contribution in [1.29, 1.82) is 0 Å². The topological polar surface area (TPSA) is 32.8 Å². The quantitative estimate of drug-likeness (QED) is 0.795. The van der Waals surface area contributed by atoms with E-state index in [4.69, 9.17) is 4.74 Å². The smallest absolute Gasteiger partial charge is 0.225 e. The maximum Gasteiger partial charge on any atom is 0.225 e. The molecule has 0 N–H and O–H groups in total. The molecule has 2 heterocycles. The molecule has 0 unspecified atom stereocenters. The average molecular weight is 344 g/mol. The molecule has 2 fully saturated rings. The Morgan fingerprint density at radius 1 is 1.20 bits per heavy atom. The lowest BCUT2D eigenvalue weighted by atomic mass is 9.94. The number of ether oxygens (including phenoxy) is 1. The Morgan fingerprint density at radius 3 is 2.68 bits per heavy atom. The van der Waals surface area contributed by atoms with Crippen LogP contribution in [0.25, 0.3) is 0 Å². The highest BCUT2D eigenvalue weighted by atomic mass is 16.5. The summed E-state index contributed by atoms with van der Waals surface area (Å²) in [5, 5.41) is 0. The molecule has 1 aromatic carbocycles. The van der Waals surface area contributed by atoms with Gasteiger partial charge in [0.15, 0.2) is 0 Å². The average Bonchev–Trinajstić information content (AvgIpc) is 2.66. The molecule has 25 heavy (non-hydrogen) atoms. The minimum absolute atomic E-state index is 0.158. The Balaban J connectivity index is 1.62. The molecule has 0 bridgehead atoms. The third kappa shape index (κ3) is 5.55. The predicted octanol–water partition coefficient (Wildman–Crippen LogP) is 2.83. The molecule has 2 aliphatic rings. The number of hydrogen-bond acceptors (Lipinski definition) is 3. The second-order valence-electron chi connectivity index (χ2n) is 7.68. The summed E-state index contributed by atoms with van der Waals surface area (Å²) >= 11 is 0. The van der Waals surface area contributed by atoms with Crippen molar-refractivity contribution in [2.75, 3.05) is 46.4 Å². The van der Waals surface area contributed by atoms with E-state index < -0.39 is 0 Å². The Labute approximate surface area is 152 Å². The molecule has 1 atom stereocenters.